The number of thiazole rings is 1. The Bertz CT molecular complexity index is 1180. The van der Waals surface area contributed by atoms with Gasteiger partial charge in [-0.15, -0.1) is 11.3 Å². The van der Waals surface area contributed by atoms with E-state index < -0.39 is 11.5 Å². The second-order valence-electron chi connectivity index (χ2n) is 6.82. The second kappa shape index (κ2) is 6.68. The van der Waals surface area contributed by atoms with Crippen molar-refractivity contribution in [3.63, 3.8) is 0 Å². The number of anilines is 1. The van der Waals surface area contributed by atoms with Crippen LogP contribution in [0.4, 0.5) is 5.95 Å². The number of rotatable bonds is 4. The maximum absolute atomic E-state index is 11.4. The summed E-state index contributed by atoms with van der Waals surface area (Å²) in [6.45, 7) is 3.43. The molecule has 0 unspecified atom stereocenters. The van der Waals surface area contributed by atoms with Gasteiger partial charge < -0.3 is 15.7 Å². The number of carbonyl (C=O) groups excluding carboxylic acids is 1. The minimum Gasteiger partial charge on any atom is -0.476 e. The summed E-state index contributed by atoms with van der Waals surface area (Å²) in [4.78, 5) is 35.7. The summed E-state index contributed by atoms with van der Waals surface area (Å²) < 4.78 is 0.709. The van der Waals surface area contributed by atoms with Gasteiger partial charge in [0.05, 0.1) is 21.3 Å². The van der Waals surface area contributed by atoms with Crippen molar-refractivity contribution < 1.29 is 14.7 Å². The number of carboxylic acid groups (broad SMARTS) is 1. The Morgan fingerprint density at radius 1 is 1.29 bits per heavy atom. The second-order valence-corrected chi connectivity index (χ2v) is 7.82. The maximum atomic E-state index is 11.4. The number of amides is 1. The van der Waals surface area contributed by atoms with Crippen molar-refractivity contribution in [3.8, 4) is 0 Å². The van der Waals surface area contributed by atoms with Gasteiger partial charge in [0.1, 0.15) is 0 Å². The summed E-state index contributed by atoms with van der Waals surface area (Å²) in [7, 11) is 0. The Labute approximate surface area is 164 Å². The molecule has 0 saturated heterocycles. The first-order valence-corrected chi connectivity index (χ1v) is 9.38. The number of carboxylic acids is 1. The molecule has 1 aliphatic carbocycles. The standard InChI is InChI=1S/C19H17N5O3S/c1-10(25)24-19(2)7-3-4-12(8-19)21-18-20-9-11-5-6-13-15(14(11)23-18)28-16(22-13)17(26)27/h3-7,9H,8H2,1-2H3,(H,24,25)(H,26,27)(H,20,21,23)/t19-/m0/s1. The van der Waals surface area contributed by atoms with E-state index in [1.54, 1.807) is 12.3 Å². The van der Waals surface area contributed by atoms with Gasteiger partial charge in [-0.25, -0.2) is 19.7 Å². The van der Waals surface area contributed by atoms with Crippen LogP contribution in [-0.4, -0.2) is 37.5 Å². The first-order chi connectivity index (χ1) is 13.3. The van der Waals surface area contributed by atoms with Crippen LogP contribution in [0.2, 0.25) is 0 Å². The summed E-state index contributed by atoms with van der Waals surface area (Å²) in [5.41, 5.74) is 1.62. The zero-order valence-corrected chi connectivity index (χ0v) is 16.0. The van der Waals surface area contributed by atoms with E-state index in [9.17, 15) is 14.7 Å². The molecule has 9 heteroatoms. The fourth-order valence-corrected chi connectivity index (χ4v) is 4.14. The Morgan fingerprint density at radius 2 is 2.11 bits per heavy atom. The highest BCUT2D eigenvalue weighted by Gasteiger charge is 2.26. The molecule has 1 aromatic carbocycles. The van der Waals surface area contributed by atoms with Gasteiger partial charge in [0, 0.05) is 30.6 Å². The molecule has 0 spiro atoms. The van der Waals surface area contributed by atoms with Crippen molar-refractivity contribution >= 4 is 50.3 Å². The molecule has 0 fully saturated rings. The monoisotopic (exact) mass is 395 g/mol. The van der Waals surface area contributed by atoms with Gasteiger partial charge in [0.25, 0.3) is 0 Å². The van der Waals surface area contributed by atoms with E-state index in [4.69, 9.17) is 0 Å². The zero-order valence-electron chi connectivity index (χ0n) is 15.2. The number of fused-ring (bicyclic) bond motifs is 3. The van der Waals surface area contributed by atoms with E-state index in [0.717, 1.165) is 22.4 Å². The third-order valence-corrected chi connectivity index (χ3v) is 5.41. The highest BCUT2D eigenvalue weighted by molar-refractivity contribution is 7.21. The first kappa shape index (κ1) is 18.1. The highest BCUT2D eigenvalue weighted by Crippen LogP contribution is 2.30. The number of carbonyl (C=O) groups is 2. The summed E-state index contributed by atoms with van der Waals surface area (Å²) in [5, 5.41) is 16.2. The van der Waals surface area contributed by atoms with Gasteiger partial charge >= 0.3 is 5.97 Å². The third kappa shape index (κ3) is 3.44. The molecule has 142 valence electrons. The number of benzene rings is 1. The summed E-state index contributed by atoms with van der Waals surface area (Å²) >= 11 is 1.09. The molecule has 28 heavy (non-hydrogen) atoms. The average molecular weight is 395 g/mol. The van der Waals surface area contributed by atoms with E-state index in [1.807, 2.05) is 31.2 Å². The minimum absolute atomic E-state index is 0.0295. The zero-order chi connectivity index (χ0) is 19.9. The fraction of sp³-hybridized carbons (Fsp3) is 0.211. The molecule has 2 heterocycles. The van der Waals surface area contributed by atoms with Gasteiger partial charge in [-0.1, -0.05) is 12.2 Å². The molecular weight excluding hydrogens is 378 g/mol. The largest absolute Gasteiger partial charge is 0.476 e. The number of hydrogen-bond acceptors (Lipinski definition) is 7. The Kier molecular flexibility index (Phi) is 4.31. The minimum atomic E-state index is -1.06. The van der Waals surface area contributed by atoms with E-state index in [2.05, 4.69) is 25.6 Å². The molecule has 0 saturated carbocycles. The smallest absolute Gasteiger partial charge is 0.365 e. The molecule has 0 bridgehead atoms. The van der Waals surface area contributed by atoms with Crippen LogP contribution in [0, 0.1) is 0 Å². The molecule has 1 aliphatic rings. The number of allylic oxidation sites excluding steroid dienone is 2. The molecule has 3 aromatic rings. The van der Waals surface area contributed by atoms with Crippen LogP contribution in [0.25, 0.3) is 21.1 Å². The van der Waals surface area contributed by atoms with Crippen LogP contribution in [0.15, 0.2) is 42.3 Å². The topological polar surface area (TPSA) is 117 Å². The predicted octanol–water partition coefficient (Wildman–Crippen LogP) is 3.09. The quantitative estimate of drug-likeness (QED) is 0.621. The molecule has 0 aliphatic heterocycles. The number of nitrogens with one attached hydrogen (secondary N) is 2. The van der Waals surface area contributed by atoms with E-state index in [1.165, 1.54) is 6.92 Å². The van der Waals surface area contributed by atoms with Crippen LogP contribution in [0.5, 0.6) is 0 Å². The Hall–Kier alpha value is -3.33. The number of nitrogens with zero attached hydrogens (tertiary/aromatic N) is 3. The average Bonchev–Trinajstić information content (AvgIpc) is 3.06. The van der Waals surface area contributed by atoms with Gasteiger partial charge in [-0.2, -0.15) is 0 Å². The van der Waals surface area contributed by atoms with Crippen molar-refractivity contribution in [1.82, 2.24) is 20.3 Å². The van der Waals surface area contributed by atoms with Crippen LogP contribution in [0.3, 0.4) is 0 Å². The van der Waals surface area contributed by atoms with Crippen LogP contribution in [0.1, 0.15) is 30.1 Å². The highest BCUT2D eigenvalue weighted by atomic mass is 32.1. The molecule has 2 aromatic heterocycles. The number of aromatic carboxylic acids is 1. The Morgan fingerprint density at radius 3 is 2.86 bits per heavy atom. The lowest BCUT2D eigenvalue weighted by atomic mass is 9.91. The van der Waals surface area contributed by atoms with E-state index in [0.29, 0.717) is 28.1 Å². The first-order valence-electron chi connectivity index (χ1n) is 8.57. The normalized spacial score (nSPS) is 18.9. The van der Waals surface area contributed by atoms with Crippen molar-refractivity contribution in [2.45, 2.75) is 25.8 Å². The summed E-state index contributed by atoms with van der Waals surface area (Å²) in [6, 6.07) is 3.59. The van der Waals surface area contributed by atoms with Gasteiger partial charge in [0.15, 0.2) is 0 Å². The van der Waals surface area contributed by atoms with Crippen LogP contribution < -0.4 is 10.6 Å². The molecule has 1 amide bonds. The number of hydrogen-bond donors (Lipinski definition) is 3. The van der Waals surface area contributed by atoms with Crippen LogP contribution in [-0.2, 0) is 4.79 Å². The fourth-order valence-electron chi connectivity index (χ4n) is 3.24. The van der Waals surface area contributed by atoms with Crippen molar-refractivity contribution in [2.24, 2.45) is 0 Å². The van der Waals surface area contributed by atoms with Gasteiger partial charge in [0.2, 0.25) is 16.9 Å². The molecule has 0 radical (unpaired) electrons. The van der Waals surface area contributed by atoms with Crippen molar-refractivity contribution in [1.29, 1.82) is 0 Å². The lowest BCUT2D eigenvalue weighted by Gasteiger charge is -2.30. The van der Waals surface area contributed by atoms with Gasteiger partial charge in [-0.3, -0.25) is 4.79 Å². The maximum Gasteiger partial charge on any atom is 0.365 e. The third-order valence-electron chi connectivity index (χ3n) is 4.34. The van der Waals surface area contributed by atoms with Crippen molar-refractivity contribution in [2.75, 3.05) is 5.32 Å². The SMILES string of the molecule is CC(=O)N[C@@]1(C)C=CC=C(Nc2ncc3ccc4nc(C(=O)O)sc4c3n2)C1. The summed E-state index contributed by atoms with van der Waals surface area (Å²) in [6.07, 6.45) is 7.99. The molecule has 1 atom stereocenters. The van der Waals surface area contributed by atoms with Crippen LogP contribution >= 0.6 is 11.3 Å². The molecular formula is C19H17N5O3S. The van der Waals surface area contributed by atoms with Crippen molar-refractivity contribution in [3.05, 3.63) is 47.3 Å². The Balaban J connectivity index is 1.67. The predicted molar refractivity (Wildman–Crippen MR) is 107 cm³/mol. The van der Waals surface area contributed by atoms with Gasteiger partial charge in [-0.05, 0) is 25.1 Å². The lowest BCUT2D eigenvalue weighted by molar-refractivity contribution is -0.120. The number of aromatic nitrogens is 3. The lowest BCUT2D eigenvalue weighted by Crippen LogP contribution is -2.44. The molecule has 8 nitrogen and oxygen atoms in total. The van der Waals surface area contributed by atoms with E-state index >= 15 is 0 Å². The summed E-state index contributed by atoms with van der Waals surface area (Å²) in [5.74, 6) is -0.757. The van der Waals surface area contributed by atoms with E-state index in [-0.39, 0.29) is 10.9 Å². The molecule has 4 rings (SSSR count). The molecule has 3 N–H and O–H groups in total.